The maximum atomic E-state index is 13.6. The molecular formula is C25H23FN4O2. The Balaban J connectivity index is 1.21. The highest BCUT2D eigenvalue weighted by molar-refractivity contribution is 5.92. The molecule has 1 unspecified atom stereocenters. The Hall–Kier alpha value is -3.71. The first kappa shape index (κ1) is 20.2. The zero-order valence-electron chi connectivity index (χ0n) is 17.4. The minimum atomic E-state index is -0.517. The number of aryl methyl sites for hydroxylation is 1. The monoisotopic (exact) mass is 430 g/mol. The number of carbonyl (C=O) groups is 1. The van der Waals surface area contributed by atoms with E-state index in [1.54, 1.807) is 24.3 Å². The third-order valence-corrected chi connectivity index (χ3v) is 5.95. The molecule has 0 spiro atoms. The van der Waals surface area contributed by atoms with Gasteiger partial charge in [0, 0.05) is 35.4 Å². The Labute approximate surface area is 184 Å². The molecule has 0 saturated heterocycles. The van der Waals surface area contributed by atoms with Crippen LogP contribution < -0.4 is 15.8 Å². The van der Waals surface area contributed by atoms with Crippen LogP contribution in [0.5, 0.6) is 11.6 Å². The number of halogens is 1. The highest BCUT2D eigenvalue weighted by Gasteiger charge is 2.22. The molecule has 7 heteroatoms. The summed E-state index contributed by atoms with van der Waals surface area (Å²) in [5.74, 6) is 0.396. The van der Waals surface area contributed by atoms with E-state index in [4.69, 9.17) is 10.5 Å². The van der Waals surface area contributed by atoms with Crippen LogP contribution in [0.25, 0.3) is 10.9 Å². The van der Waals surface area contributed by atoms with Crippen LogP contribution in [0.1, 0.15) is 39.5 Å². The maximum Gasteiger partial charge on any atom is 0.250 e. The summed E-state index contributed by atoms with van der Waals surface area (Å²) >= 11 is 0. The highest BCUT2D eigenvalue weighted by Crippen LogP contribution is 2.34. The normalized spacial score (nSPS) is 15.1. The van der Waals surface area contributed by atoms with Crippen molar-refractivity contribution in [3.8, 4) is 11.6 Å². The smallest absolute Gasteiger partial charge is 0.250 e. The van der Waals surface area contributed by atoms with Gasteiger partial charge in [0.2, 0.25) is 11.8 Å². The number of nitrogens with one attached hydrogen (secondary N) is 2. The van der Waals surface area contributed by atoms with E-state index < -0.39 is 5.91 Å². The van der Waals surface area contributed by atoms with Crippen molar-refractivity contribution in [1.29, 1.82) is 0 Å². The molecule has 4 aromatic rings. The van der Waals surface area contributed by atoms with Crippen molar-refractivity contribution in [1.82, 2.24) is 15.3 Å². The van der Waals surface area contributed by atoms with E-state index in [-0.39, 0.29) is 11.9 Å². The summed E-state index contributed by atoms with van der Waals surface area (Å²) in [5.41, 5.74) is 10.2. The van der Waals surface area contributed by atoms with Crippen LogP contribution in [0.2, 0.25) is 0 Å². The number of nitrogens with two attached hydrogens (primary N) is 1. The first-order valence-corrected chi connectivity index (χ1v) is 10.6. The summed E-state index contributed by atoms with van der Waals surface area (Å²) < 4.78 is 19.4. The molecule has 4 N–H and O–H groups in total. The van der Waals surface area contributed by atoms with E-state index in [2.05, 4.69) is 21.4 Å². The first-order valence-electron chi connectivity index (χ1n) is 10.6. The number of hydrogen-bond donors (Lipinski definition) is 3. The molecule has 0 radical (unpaired) electrons. The molecule has 1 atom stereocenters. The lowest BCUT2D eigenvalue weighted by molar-refractivity contribution is 0.1000. The lowest BCUT2D eigenvalue weighted by Crippen LogP contribution is -2.21. The summed E-state index contributed by atoms with van der Waals surface area (Å²) in [6, 6.07) is 14.4. The number of hydrogen-bond acceptors (Lipinski definition) is 4. The Bertz CT molecular complexity index is 1280. The number of carbonyl (C=O) groups excluding carboxylic acids is 1. The van der Waals surface area contributed by atoms with Gasteiger partial charge in [-0.1, -0.05) is 6.07 Å². The van der Waals surface area contributed by atoms with Gasteiger partial charge >= 0.3 is 0 Å². The van der Waals surface area contributed by atoms with Gasteiger partial charge in [0.25, 0.3) is 0 Å². The summed E-state index contributed by atoms with van der Waals surface area (Å²) in [4.78, 5) is 18.5. The van der Waals surface area contributed by atoms with Gasteiger partial charge < -0.3 is 20.8 Å². The molecule has 1 aliphatic rings. The number of pyridine rings is 1. The van der Waals surface area contributed by atoms with Gasteiger partial charge in [-0.25, -0.2) is 9.37 Å². The van der Waals surface area contributed by atoms with E-state index in [1.807, 2.05) is 18.3 Å². The van der Waals surface area contributed by atoms with Gasteiger partial charge in [0.15, 0.2) is 0 Å². The molecule has 6 nitrogen and oxygen atoms in total. The second kappa shape index (κ2) is 8.43. The standard InChI is InChI=1S/C25H23FN4O2/c26-18-3-7-23-21(12-18)16(13-29-23)9-10-28-22-6-1-15-11-19(4-5-20(15)22)32-24-8-2-17(14-30-24)25(27)31/h2-5,7-8,11-14,22,28-29H,1,6,9-10H2,(H2,27,31). The van der Waals surface area contributed by atoms with Crippen molar-refractivity contribution in [3.63, 3.8) is 0 Å². The minimum absolute atomic E-state index is 0.215. The Morgan fingerprint density at radius 1 is 1.22 bits per heavy atom. The van der Waals surface area contributed by atoms with Gasteiger partial charge in [-0.05, 0) is 78.9 Å². The number of primary amides is 1. The molecule has 2 heterocycles. The zero-order valence-corrected chi connectivity index (χ0v) is 17.4. The van der Waals surface area contributed by atoms with Crippen molar-refractivity contribution >= 4 is 16.8 Å². The van der Waals surface area contributed by atoms with Crippen molar-refractivity contribution in [2.75, 3.05) is 6.54 Å². The van der Waals surface area contributed by atoms with Gasteiger partial charge in [-0.3, -0.25) is 4.79 Å². The molecule has 162 valence electrons. The summed E-state index contributed by atoms with van der Waals surface area (Å²) in [6.45, 7) is 0.807. The SMILES string of the molecule is NC(=O)c1ccc(Oc2ccc3c(c2)CCC3NCCc2c[nH]c3ccc(F)cc23)nc1. The second-order valence-corrected chi connectivity index (χ2v) is 8.01. The number of aromatic nitrogens is 2. The van der Waals surface area contributed by atoms with Gasteiger partial charge in [0.1, 0.15) is 11.6 Å². The molecule has 1 aliphatic carbocycles. The van der Waals surface area contributed by atoms with E-state index in [0.717, 1.165) is 42.3 Å². The topological polar surface area (TPSA) is 93.0 Å². The Morgan fingerprint density at radius 3 is 2.94 bits per heavy atom. The quantitative estimate of drug-likeness (QED) is 0.405. The number of H-pyrrole nitrogens is 1. The number of ether oxygens (including phenoxy) is 1. The average molecular weight is 430 g/mol. The van der Waals surface area contributed by atoms with E-state index >= 15 is 0 Å². The average Bonchev–Trinajstić information content (AvgIpc) is 3.38. The fourth-order valence-corrected chi connectivity index (χ4v) is 4.32. The molecule has 2 aromatic heterocycles. The van der Waals surface area contributed by atoms with E-state index in [0.29, 0.717) is 17.2 Å². The second-order valence-electron chi connectivity index (χ2n) is 8.01. The van der Waals surface area contributed by atoms with Crippen LogP contribution in [-0.2, 0) is 12.8 Å². The molecule has 1 amide bonds. The van der Waals surface area contributed by atoms with E-state index in [1.165, 1.54) is 23.4 Å². The molecule has 32 heavy (non-hydrogen) atoms. The Kier molecular flexibility index (Phi) is 5.33. The number of rotatable bonds is 7. The summed E-state index contributed by atoms with van der Waals surface area (Å²) in [7, 11) is 0. The van der Waals surface area contributed by atoms with Crippen molar-refractivity contribution in [3.05, 3.63) is 89.0 Å². The van der Waals surface area contributed by atoms with Crippen LogP contribution in [0, 0.1) is 5.82 Å². The molecule has 0 aliphatic heterocycles. The summed E-state index contributed by atoms with van der Waals surface area (Å²) in [5, 5.41) is 4.58. The van der Waals surface area contributed by atoms with Crippen molar-refractivity contribution in [2.24, 2.45) is 5.73 Å². The predicted octanol–water partition coefficient (Wildman–Crippen LogP) is 4.41. The van der Waals surface area contributed by atoms with Gasteiger partial charge in [-0.2, -0.15) is 0 Å². The zero-order chi connectivity index (χ0) is 22.1. The molecular weight excluding hydrogens is 407 g/mol. The first-order chi connectivity index (χ1) is 15.6. The van der Waals surface area contributed by atoms with Crippen LogP contribution >= 0.6 is 0 Å². The fraction of sp³-hybridized carbons (Fsp3) is 0.200. The number of benzene rings is 2. The van der Waals surface area contributed by atoms with Crippen molar-refractivity contribution < 1.29 is 13.9 Å². The van der Waals surface area contributed by atoms with Gasteiger partial charge in [-0.15, -0.1) is 0 Å². The highest BCUT2D eigenvalue weighted by atomic mass is 19.1. The van der Waals surface area contributed by atoms with Crippen LogP contribution in [0.4, 0.5) is 4.39 Å². The number of nitrogens with zero attached hydrogens (tertiary/aromatic N) is 1. The van der Waals surface area contributed by atoms with Crippen LogP contribution in [0.3, 0.4) is 0 Å². The number of aromatic amines is 1. The molecule has 0 saturated carbocycles. The fourth-order valence-electron chi connectivity index (χ4n) is 4.32. The Morgan fingerprint density at radius 2 is 2.12 bits per heavy atom. The van der Waals surface area contributed by atoms with Crippen molar-refractivity contribution in [2.45, 2.75) is 25.3 Å². The largest absolute Gasteiger partial charge is 0.439 e. The minimum Gasteiger partial charge on any atom is -0.439 e. The van der Waals surface area contributed by atoms with Crippen LogP contribution in [0.15, 0.2) is 60.9 Å². The number of amides is 1. The van der Waals surface area contributed by atoms with E-state index in [9.17, 15) is 9.18 Å². The molecule has 0 fully saturated rings. The van der Waals surface area contributed by atoms with Crippen LogP contribution in [-0.4, -0.2) is 22.4 Å². The molecule has 0 bridgehead atoms. The third kappa shape index (κ3) is 4.07. The molecule has 5 rings (SSSR count). The molecule has 2 aromatic carbocycles. The lowest BCUT2D eigenvalue weighted by Gasteiger charge is -2.14. The van der Waals surface area contributed by atoms with Gasteiger partial charge in [0.05, 0.1) is 5.56 Å². The lowest BCUT2D eigenvalue weighted by atomic mass is 10.1. The summed E-state index contributed by atoms with van der Waals surface area (Å²) in [6.07, 6.45) is 6.18. The number of fused-ring (bicyclic) bond motifs is 2. The maximum absolute atomic E-state index is 13.6. The third-order valence-electron chi connectivity index (χ3n) is 5.95. The predicted molar refractivity (Wildman–Crippen MR) is 120 cm³/mol.